The minimum atomic E-state index is 0.332. The molecule has 2 unspecified atom stereocenters. The van der Waals surface area contributed by atoms with Crippen LogP contribution in [0.5, 0.6) is 0 Å². The quantitative estimate of drug-likeness (QED) is 0.445. The maximum Gasteiger partial charge on any atom is 0.140 e. The average molecular weight is 122 g/mol. The Morgan fingerprint density at radius 2 is 2.44 bits per heavy atom. The molecule has 1 saturated carbocycles. The van der Waals surface area contributed by atoms with Crippen LogP contribution in [0.3, 0.4) is 0 Å². The van der Waals surface area contributed by atoms with E-state index in [0.717, 1.165) is 12.3 Å². The number of rotatable bonds is 0. The lowest BCUT2D eigenvalue weighted by atomic mass is 9.68. The lowest BCUT2D eigenvalue weighted by molar-refractivity contribution is -0.131. The number of hydrogen-bond donors (Lipinski definition) is 0. The Morgan fingerprint density at radius 1 is 1.56 bits per heavy atom. The van der Waals surface area contributed by atoms with E-state index >= 15 is 0 Å². The van der Waals surface area contributed by atoms with Crippen molar-refractivity contribution in [3.63, 3.8) is 0 Å². The van der Waals surface area contributed by atoms with Gasteiger partial charge in [-0.1, -0.05) is 12.2 Å². The third kappa shape index (κ3) is 0.640. The highest BCUT2D eigenvalue weighted by Gasteiger charge is 2.38. The van der Waals surface area contributed by atoms with Crippen LogP contribution in [0, 0.1) is 11.8 Å². The predicted octanol–water partition coefficient (Wildman–Crippen LogP) is 1.54. The first-order valence-corrected chi connectivity index (χ1v) is 3.57. The van der Waals surface area contributed by atoms with E-state index in [-0.39, 0.29) is 0 Å². The summed E-state index contributed by atoms with van der Waals surface area (Å²) in [6.45, 7) is 0. The first-order valence-electron chi connectivity index (χ1n) is 3.57. The Balaban J connectivity index is 2.16. The van der Waals surface area contributed by atoms with Crippen LogP contribution in [-0.2, 0) is 4.79 Å². The second-order valence-electron chi connectivity index (χ2n) is 2.96. The van der Waals surface area contributed by atoms with Crippen molar-refractivity contribution in [1.82, 2.24) is 0 Å². The van der Waals surface area contributed by atoms with Crippen LogP contribution in [-0.4, -0.2) is 5.78 Å². The molecule has 0 heterocycles. The number of carbonyl (C=O) groups excluding carboxylic acids is 1. The Hall–Kier alpha value is -0.590. The highest BCUT2D eigenvalue weighted by Crippen LogP contribution is 2.38. The van der Waals surface area contributed by atoms with E-state index in [1.54, 1.807) is 0 Å². The molecule has 1 nitrogen and oxygen atoms in total. The molecule has 0 saturated heterocycles. The first-order chi connectivity index (χ1) is 4.38. The monoisotopic (exact) mass is 122 g/mol. The molecule has 0 aromatic rings. The minimum Gasteiger partial charge on any atom is -0.299 e. The fraction of sp³-hybridized carbons (Fsp3) is 0.625. The summed E-state index contributed by atoms with van der Waals surface area (Å²) in [7, 11) is 0. The number of fused-ring (bicyclic) bond motifs is 1. The molecule has 0 bridgehead atoms. The maximum atomic E-state index is 10.8. The molecule has 0 aromatic heterocycles. The van der Waals surface area contributed by atoms with Crippen LogP contribution < -0.4 is 0 Å². The Morgan fingerprint density at radius 3 is 3.00 bits per heavy atom. The van der Waals surface area contributed by atoms with Gasteiger partial charge in [0.2, 0.25) is 0 Å². The highest BCUT2D eigenvalue weighted by molar-refractivity contribution is 5.89. The molecule has 0 spiro atoms. The normalized spacial score (nSPS) is 39.8. The van der Waals surface area contributed by atoms with Gasteiger partial charge in [-0.3, -0.25) is 4.79 Å². The summed E-state index contributed by atoms with van der Waals surface area (Å²) in [6, 6.07) is 0. The Kier molecular flexibility index (Phi) is 0.981. The SMILES string of the molecule is O=C1CC2CCC=CC12. The number of ketones is 1. The van der Waals surface area contributed by atoms with E-state index in [0.29, 0.717) is 11.7 Å². The van der Waals surface area contributed by atoms with Gasteiger partial charge in [0.25, 0.3) is 0 Å². The molecule has 0 aliphatic heterocycles. The van der Waals surface area contributed by atoms with E-state index in [9.17, 15) is 4.79 Å². The van der Waals surface area contributed by atoms with Crippen molar-refractivity contribution < 1.29 is 4.79 Å². The molecular weight excluding hydrogens is 112 g/mol. The van der Waals surface area contributed by atoms with Crippen LogP contribution >= 0.6 is 0 Å². The highest BCUT2D eigenvalue weighted by atomic mass is 16.1. The van der Waals surface area contributed by atoms with Crippen LogP contribution in [0.15, 0.2) is 12.2 Å². The van der Waals surface area contributed by atoms with Gasteiger partial charge in [-0.05, 0) is 18.8 Å². The van der Waals surface area contributed by atoms with Crippen molar-refractivity contribution in [2.75, 3.05) is 0 Å². The van der Waals surface area contributed by atoms with Crippen molar-refractivity contribution in [1.29, 1.82) is 0 Å². The van der Waals surface area contributed by atoms with Crippen LogP contribution in [0.25, 0.3) is 0 Å². The topological polar surface area (TPSA) is 17.1 Å². The summed E-state index contributed by atoms with van der Waals surface area (Å²) in [6.07, 6.45) is 7.51. The van der Waals surface area contributed by atoms with Crippen molar-refractivity contribution in [2.24, 2.45) is 11.8 Å². The predicted molar refractivity (Wildman–Crippen MR) is 35.0 cm³/mol. The summed E-state index contributed by atoms with van der Waals surface area (Å²) in [4.78, 5) is 10.8. The largest absolute Gasteiger partial charge is 0.299 e. The maximum absolute atomic E-state index is 10.8. The van der Waals surface area contributed by atoms with Crippen molar-refractivity contribution in [3.8, 4) is 0 Å². The molecule has 48 valence electrons. The molecule has 2 rings (SSSR count). The zero-order valence-corrected chi connectivity index (χ0v) is 5.34. The lowest BCUT2D eigenvalue weighted by Gasteiger charge is -2.35. The van der Waals surface area contributed by atoms with Gasteiger partial charge in [0, 0.05) is 12.3 Å². The third-order valence-corrected chi connectivity index (χ3v) is 2.39. The summed E-state index contributed by atoms with van der Waals surface area (Å²) >= 11 is 0. The van der Waals surface area contributed by atoms with Crippen LogP contribution in [0.1, 0.15) is 19.3 Å². The van der Waals surface area contributed by atoms with E-state index in [1.165, 1.54) is 12.8 Å². The van der Waals surface area contributed by atoms with Gasteiger partial charge in [-0.25, -0.2) is 0 Å². The zero-order chi connectivity index (χ0) is 6.27. The molecule has 0 N–H and O–H groups in total. The summed E-state index contributed by atoms with van der Waals surface area (Å²) in [5.41, 5.74) is 0. The van der Waals surface area contributed by atoms with Gasteiger partial charge in [0.15, 0.2) is 0 Å². The molecule has 1 fully saturated rings. The number of allylic oxidation sites excluding steroid dienone is 2. The van der Waals surface area contributed by atoms with Gasteiger partial charge in [-0.15, -0.1) is 0 Å². The molecule has 2 atom stereocenters. The van der Waals surface area contributed by atoms with E-state index < -0.39 is 0 Å². The molecule has 0 aromatic carbocycles. The molecule has 2 aliphatic carbocycles. The summed E-state index contributed by atoms with van der Waals surface area (Å²) in [5.74, 6) is 1.51. The van der Waals surface area contributed by atoms with Gasteiger partial charge in [-0.2, -0.15) is 0 Å². The number of carbonyl (C=O) groups is 1. The Labute approximate surface area is 54.8 Å². The molecule has 0 radical (unpaired) electrons. The van der Waals surface area contributed by atoms with Crippen LogP contribution in [0.2, 0.25) is 0 Å². The fourth-order valence-electron chi connectivity index (χ4n) is 1.72. The summed E-state index contributed by atoms with van der Waals surface area (Å²) < 4.78 is 0. The van der Waals surface area contributed by atoms with Crippen LogP contribution in [0.4, 0.5) is 0 Å². The van der Waals surface area contributed by atoms with Gasteiger partial charge < -0.3 is 0 Å². The van der Waals surface area contributed by atoms with E-state index in [1.807, 2.05) is 0 Å². The zero-order valence-electron chi connectivity index (χ0n) is 5.34. The fourth-order valence-corrected chi connectivity index (χ4v) is 1.72. The van der Waals surface area contributed by atoms with Gasteiger partial charge in [0.1, 0.15) is 5.78 Å². The molecule has 1 heteroatoms. The molecule has 0 amide bonds. The van der Waals surface area contributed by atoms with Crippen molar-refractivity contribution in [3.05, 3.63) is 12.2 Å². The second kappa shape index (κ2) is 1.69. The molecule has 2 aliphatic rings. The second-order valence-corrected chi connectivity index (χ2v) is 2.96. The molecule has 9 heavy (non-hydrogen) atoms. The number of hydrogen-bond acceptors (Lipinski definition) is 1. The number of Topliss-reactive ketones (excluding diaryl/α,β-unsaturated/α-hetero) is 1. The van der Waals surface area contributed by atoms with Crippen molar-refractivity contribution in [2.45, 2.75) is 19.3 Å². The smallest absolute Gasteiger partial charge is 0.140 e. The van der Waals surface area contributed by atoms with E-state index in [2.05, 4.69) is 12.2 Å². The minimum absolute atomic E-state index is 0.332. The average Bonchev–Trinajstić information content (AvgIpc) is 1.86. The lowest BCUT2D eigenvalue weighted by Crippen LogP contribution is -2.36. The van der Waals surface area contributed by atoms with Crippen molar-refractivity contribution >= 4 is 5.78 Å². The summed E-state index contributed by atoms with van der Waals surface area (Å²) in [5, 5.41) is 0. The first kappa shape index (κ1) is 5.21. The third-order valence-electron chi connectivity index (χ3n) is 2.39. The van der Waals surface area contributed by atoms with Gasteiger partial charge in [0.05, 0.1) is 0 Å². The molecular formula is C8H10O. The standard InChI is InChI=1S/C8H10O/c9-8-5-6-3-1-2-4-7(6)8/h2,4,6-7H,1,3,5H2. The van der Waals surface area contributed by atoms with E-state index in [4.69, 9.17) is 0 Å². The van der Waals surface area contributed by atoms with Gasteiger partial charge >= 0.3 is 0 Å². The Bertz CT molecular complexity index is 169.